The fourth-order valence-corrected chi connectivity index (χ4v) is 3.89. The topological polar surface area (TPSA) is 50.3 Å². The quantitative estimate of drug-likeness (QED) is 0.825. The van der Waals surface area contributed by atoms with Crippen LogP contribution in [0.25, 0.3) is 0 Å². The minimum Gasteiger partial charge on any atom is -0.379 e. The van der Waals surface area contributed by atoms with Gasteiger partial charge in [-0.05, 0) is 12.1 Å². The maximum absolute atomic E-state index is 5.35. The number of ether oxygens (including phenoxy) is 1. The van der Waals surface area contributed by atoms with Gasteiger partial charge in [0.15, 0.2) is 4.34 Å². The van der Waals surface area contributed by atoms with E-state index < -0.39 is 0 Å². The third-order valence-electron chi connectivity index (χ3n) is 3.17. The normalized spacial score (nSPS) is 16.0. The van der Waals surface area contributed by atoms with Crippen LogP contribution in [0.5, 0.6) is 0 Å². The highest BCUT2D eigenvalue weighted by atomic mass is 32.2. The molecule has 5 nitrogen and oxygen atoms in total. The van der Waals surface area contributed by atoms with Gasteiger partial charge in [-0.2, -0.15) is 0 Å². The number of morpholine rings is 1. The lowest BCUT2D eigenvalue weighted by Gasteiger charge is -2.25. The number of aromatic nitrogens is 2. The molecular formula is C14H18N4OS2. The summed E-state index contributed by atoms with van der Waals surface area (Å²) in [6.45, 7) is 4.87. The molecule has 1 aromatic heterocycles. The van der Waals surface area contributed by atoms with E-state index in [4.69, 9.17) is 4.74 Å². The van der Waals surface area contributed by atoms with Crippen LogP contribution in [0, 0.1) is 0 Å². The maximum Gasteiger partial charge on any atom is 0.210 e. The van der Waals surface area contributed by atoms with Crippen molar-refractivity contribution in [3.63, 3.8) is 0 Å². The number of thioether (sulfide) groups is 1. The van der Waals surface area contributed by atoms with Crippen LogP contribution in [0.1, 0.15) is 0 Å². The summed E-state index contributed by atoms with van der Waals surface area (Å²) in [6, 6.07) is 10.0. The van der Waals surface area contributed by atoms with Crippen LogP contribution in [0.4, 0.5) is 10.8 Å². The molecule has 1 aliphatic rings. The number of para-hydroxylation sites is 1. The standard InChI is InChI=1S/C14H18N4OS2/c1-2-4-12(5-3-1)15-13-16-17-14(21-13)20-11-8-18-6-9-19-10-7-18/h1-5H,6-11H2,(H,15,16). The fourth-order valence-electron chi connectivity index (χ4n) is 2.05. The fraction of sp³-hybridized carbons (Fsp3) is 0.429. The highest BCUT2D eigenvalue weighted by molar-refractivity contribution is 8.01. The summed E-state index contributed by atoms with van der Waals surface area (Å²) < 4.78 is 6.36. The minimum atomic E-state index is 0.843. The van der Waals surface area contributed by atoms with Crippen LogP contribution < -0.4 is 5.32 Å². The van der Waals surface area contributed by atoms with Gasteiger partial charge >= 0.3 is 0 Å². The van der Waals surface area contributed by atoms with Gasteiger partial charge in [-0.15, -0.1) is 10.2 Å². The molecule has 21 heavy (non-hydrogen) atoms. The van der Waals surface area contributed by atoms with Crippen molar-refractivity contribution in [3.8, 4) is 0 Å². The first-order valence-electron chi connectivity index (χ1n) is 6.98. The number of rotatable bonds is 6. The summed E-state index contributed by atoms with van der Waals surface area (Å²) in [5.41, 5.74) is 1.04. The van der Waals surface area contributed by atoms with Gasteiger partial charge < -0.3 is 10.1 Å². The van der Waals surface area contributed by atoms with Crippen molar-refractivity contribution in [1.29, 1.82) is 0 Å². The molecule has 0 aliphatic carbocycles. The van der Waals surface area contributed by atoms with Gasteiger partial charge in [-0.1, -0.05) is 41.3 Å². The molecular weight excluding hydrogens is 304 g/mol. The molecule has 1 fully saturated rings. The Bertz CT molecular complexity index is 543. The largest absolute Gasteiger partial charge is 0.379 e. The monoisotopic (exact) mass is 322 g/mol. The van der Waals surface area contributed by atoms with Crippen molar-refractivity contribution in [3.05, 3.63) is 30.3 Å². The van der Waals surface area contributed by atoms with E-state index >= 15 is 0 Å². The summed E-state index contributed by atoms with van der Waals surface area (Å²) in [5, 5.41) is 12.5. The Morgan fingerprint density at radius 3 is 2.81 bits per heavy atom. The van der Waals surface area contributed by atoms with E-state index in [0.717, 1.165) is 53.8 Å². The first kappa shape index (κ1) is 14.8. The summed E-state index contributed by atoms with van der Waals surface area (Å²) in [6.07, 6.45) is 0. The second kappa shape index (κ2) is 7.74. The van der Waals surface area contributed by atoms with Crippen molar-refractivity contribution in [1.82, 2.24) is 15.1 Å². The second-order valence-electron chi connectivity index (χ2n) is 4.67. The SMILES string of the molecule is c1ccc(Nc2nnc(SCCN3CCOCC3)s2)cc1. The van der Waals surface area contributed by atoms with Gasteiger partial charge in [0.05, 0.1) is 13.2 Å². The van der Waals surface area contributed by atoms with Crippen LogP contribution in [-0.4, -0.2) is 53.7 Å². The van der Waals surface area contributed by atoms with Gasteiger partial charge in [-0.25, -0.2) is 0 Å². The van der Waals surface area contributed by atoms with Crippen LogP contribution in [0.3, 0.4) is 0 Å². The molecule has 2 heterocycles. The number of nitrogens with zero attached hydrogens (tertiary/aromatic N) is 3. The smallest absolute Gasteiger partial charge is 0.210 e. The lowest BCUT2D eigenvalue weighted by molar-refractivity contribution is 0.0410. The van der Waals surface area contributed by atoms with E-state index in [1.54, 1.807) is 23.1 Å². The van der Waals surface area contributed by atoms with E-state index in [1.807, 2.05) is 30.3 Å². The number of hydrogen-bond donors (Lipinski definition) is 1. The zero-order valence-electron chi connectivity index (χ0n) is 11.7. The molecule has 1 saturated heterocycles. The molecule has 112 valence electrons. The molecule has 0 unspecified atom stereocenters. The van der Waals surface area contributed by atoms with Crippen molar-refractivity contribution < 1.29 is 4.74 Å². The van der Waals surface area contributed by atoms with Crippen molar-refractivity contribution >= 4 is 33.9 Å². The molecule has 3 rings (SSSR count). The molecule has 7 heteroatoms. The average molecular weight is 322 g/mol. The van der Waals surface area contributed by atoms with E-state index in [1.165, 1.54) is 0 Å². The predicted molar refractivity (Wildman–Crippen MR) is 87.6 cm³/mol. The molecule has 2 aromatic rings. The average Bonchev–Trinajstić information content (AvgIpc) is 2.97. The third-order valence-corrected chi connectivity index (χ3v) is 5.12. The molecule has 0 bridgehead atoms. The number of anilines is 2. The van der Waals surface area contributed by atoms with Crippen LogP contribution in [-0.2, 0) is 4.74 Å². The Morgan fingerprint density at radius 1 is 1.19 bits per heavy atom. The van der Waals surface area contributed by atoms with Crippen LogP contribution in [0.2, 0.25) is 0 Å². The Kier molecular flexibility index (Phi) is 5.45. The lowest BCUT2D eigenvalue weighted by Crippen LogP contribution is -2.37. The molecule has 0 atom stereocenters. The summed E-state index contributed by atoms with van der Waals surface area (Å²) in [4.78, 5) is 2.43. The Morgan fingerprint density at radius 2 is 2.00 bits per heavy atom. The van der Waals surface area contributed by atoms with Crippen molar-refractivity contribution in [2.24, 2.45) is 0 Å². The van der Waals surface area contributed by atoms with Gasteiger partial charge in [0.25, 0.3) is 0 Å². The Labute approximate surface area is 132 Å². The van der Waals surface area contributed by atoms with Gasteiger partial charge in [0.1, 0.15) is 0 Å². The number of benzene rings is 1. The number of hydrogen-bond acceptors (Lipinski definition) is 7. The first-order chi connectivity index (χ1) is 10.4. The molecule has 0 spiro atoms. The highest BCUT2D eigenvalue weighted by Gasteiger charge is 2.11. The molecule has 0 radical (unpaired) electrons. The third kappa shape index (κ3) is 4.67. The second-order valence-corrected chi connectivity index (χ2v) is 6.99. The van der Waals surface area contributed by atoms with Gasteiger partial charge in [0.2, 0.25) is 5.13 Å². The zero-order chi connectivity index (χ0) is 14.3. The Balaban J connectivity index is 1.44. The summed E-state index contributed by atoms with van der Waals surface area (Å²) >= 11 is 3.37. The predicted octanol–water partition coefficient (Wildman–Crippen LogP) is 2.71. The molecule has 1 N–H and O–H groups in total. The van der Waals surface area contributed by atoms with E-state index in [9.17, 15) is 0 Å². The molecule has 1 aromatic carbocycles. The maximum atomic E-state index is 5.35. The van der Waals surface area contributed by atoms with Crippen LogP contribution in [0.15, 0.2) is 34.7 Å². The molecule has 0 saturated carbocycles. The van der Waals surface area contributed by atoms with E-state index in [2.05, 4.69) is 20.4 Å². The lowest BCUT2D eigenvalue weighted by atomic mass is 10.3. The van der Waals surface area contributed by atoms with Gasteiger partial charge in [-0.3, -0.25) is 4.90 Å². The zero-order valence-corrected chi connectivity index (χ0v) is 13.3. The van der Waals surface area contributed by atoms with Crippen molar-refractivity contribution in [2.45, 2.75) is 4.34 Å². The van der Waals surface area contributed by atoms with Crippen LogP contribution >= 0.6 is 23.1 Å². The summed E-state index contributed by atoms with van der Waals surface area (Å²) in [5.74, 6) is 1.04. The Hall–Kier alpha value is -1.15. The van der Waals surface area contributed by atoms with Gasteiger partial charge in [0, 0.05) is 31.1 Å². The van der Waals surface area contributed by atoms with Crippen molar-refractivity contribution in [2.75, 3.05) is 43.9 Å². The number of nitrogens with one attached hydrogen (secondary N) is 1. The molecule has 0 amide bonds. The van der Waals surface area contributed by atoms with E-state index in [-0.39, 0.29) is 0 Å². The highest BCUT2D eigenvalue weighted by Crippen LogP contribution is 2.27. The minimum absolute atomic E-state index is 0.843. The molecule has 1 aliphatic heterocycles. The summed E-state index contributed by atoms with van der Waals surface area (Å²) in [7, 11) is 0. The first-order valence-corrected chi connectivity index (χ1v) is 8.79. The van der Waals surface area contributed by atoms with E-state index in [0.29, 0.717) is 0 Å².